The van der Waals surface area contributed by atoms with Crippen LogP contribution >= 0.6 is 0 Å². The number of nitrogen functional groups attached to an aromatic ring is 1. The quantitative estimate of drug-likeness (QED) is 0.655. The van der Waals surface area contributed by atoms with Crippen LogP contribution in [-0.2, 0) is 4.74 Å². The number of methoxy groups -OCH3 is 1. The van der Waals surface area contributed by atoms with E-state index in [4.69, 9.17) is 10.5 Å². The summed E-state index contributed by atoms with van der Waals surface area (Å²) in [7, 11) is 3.42. The lowest BCUT2D eigenvalue weighted by molar-refractivity contribution is 0.0602. The second kappa shape index (κ2) is 4.88. The Bertz CT molecular complexity index is 467. The van der Waals surface area contributed by atoms with Crippen molar-refractivity contribution in [1.82, 2.24) is 0 Å². The third-order valence-electron chi connectivity index (χ3n) is 3.45. The topological polar surface area (TPSA) is 55.6 Å². The van der Waals surface area contributed by atoms with Gasteiger partial charge < -0.3 is 15.4 Å². The molecule has 1 aliphatic rings. The molecule has 4 nitrogen and oxygen atoms in total. The molecule has 0 bridgehead atoms. The van der Waals surface area contributed by atoms with Crippen molar-refractivity contribution in [1.29, 1.82) is 0 Å². The lowest BCUT2D eigenvalue weighted by Crippen LogP contribution is -2.21. The molecule has 98 valence electrons. The Morgan fingerprint density at radius 3 is 2.72 bits per heavy atom. The molecule has 0 aromatic heterocycles. The Balaban J connectivity index is 2.30. The summed E-state index contributed by atoms with van der Waals surface area (Å²) >= 11 is 0. The van der Waals surface area contributed by atoms with E-state index in [1.165, 1.54) is 20.0 Å². The minimum Gasteiger partial charge on any atom is -0.465 e. The molecule has 0 radical (unpaired) electrons. The normalized spacial score (nSPS) is 14.4. The summed E-state index contributed by atoms with van der Waals surface area (Å²) in [6.07, 6.45) is 2.62. The highest BCUT2D eigenvalue weighted by Crippen LogP contribution is 2.32. The number of hydrogen-bond donors (Lipinski definition) is 1. The molecule has 0 aliphatic heterocycles. The summed E-state index contributed by atoms with van der Waals surface area (Å²) < 4.78 is 4.76. The highest BCUT2D eigenvalue weighted by atomic mass is 16.5. The van der Waals surface area contributed by atoms with E-state index in [0.717, 1.165) is 23.7 Å². The van der Waals surface area contributed by atoms with Crippen molar-refractivity contribution in [2.75, 3.05) is 31.3 Å². The molecule has 0 saturated heterocycles. The molecule has 0 unspecified atom stereocenters. The van der Waals surface area contributed by atoms with Gasteiger partial charge in [0.2, 0.25) is 0 Å². The molecule has 0 spiro atoms. The molecule has 2 rings (SSSR count). The van der Waals surface area contributed by atoms with Crippen LogP contribution in [0.5, 0.6) is 0 Å². The fourth-order valence-electron chi connectivity index (χ4n) is 2.07. The highest BCUT2D eigenvalue weighted by Gasteiger charge is 2.24. The van der Waals surface area contributed by atoms with Crippen LogP contribution in [0.25, 0.3) is 0 Å². The summed E-state index contributed by atoms with van der Waals surface area (Å²) in [6, 6.07) is 3.83. The van der Waals surface area contributed by atoms with Crippen molar-refractivity contribution < 1.29 is 9.53 Å². The standard InChI is InChI=1S/C14H20N2O2/c1-9-6-11(16(2)8-10-4-5-10)7-12(13(9)15)14(17)18-3/h6-7,10H,4-5,8,15H2,1-3H3. The van der Waals surface area contributed by atoms with E-state index in [9.17, 15) is 4.79 Å². The smallest absolute Gasteiger partial charge is 0.340 e. The first-order valence-corrected chi connectivity index (χ1v) is 6.22. The van der Waals surface area contributed by atoms with Crippen LogP contribution in [0, 0.1) is 12.8 Å². The number of nitrogens with two attached hydrogens (primary N) is 1. The number of esters is 1. The molecule has 0 heterocycles. The first kappa shape index (κ1) is 12.7. The number of carbonyl (C=O) groups is 1. The zero-order valence-electron chi connectivity index (χ0n) is 11.2. The predicted octanol–water partition coefficient (Wildman–Crippen LogP) is 2.21. The molecule has 4 heteroatoms. The molecule has 1 saturated carbocycles. The number of aryl methyl sites for hydroxylation is 1. The van der Waals surface area contributed by atoms with Crippen molar-refractivity contribution in [3.05, 3.63) is 23.3 Å². The average Bonchev–Trinajstić information content (AvgIpc) is 3.15. The van der Waals surface area contributed by atoms with Gasteiger partial charge in [0.15, 0.2) is 0 Å². The van der Waals surface area contributed by atoms with Crippen LogP contribution in [0.3, 0.4) is 0 Å². The molecule has 1 aromatic carbocycles. The van der Waals surface area contributed by atoms with Gasteiger partial charge in [-0.15, -0.1) is 0 Å². The van der Waals surface area contributed by atoms with E-state index < -0.39 is 0 Å². The number of hydrogen-bond acceptors (Lipinski definition) is 4. The number of nitrogens with zero attached hydrogens (tertiary/aromatic N) is 1. The summed E-state index contributed by atoms with van der Waals surface area (Å²) in [5.74, 6) is 0.423. The van der Waals surface area contributed by atoms with E-state index >= 15 is 0 Å². The number of anilines is 2. The Hall–Kier alpha value is -1.71. The summed E-state index contributed by atoms with van der Waals surface area (Å²) in [5, 5.41) is 0. The molecule has 1 aliphatic carbocycles. The van der Waals surface area contributed by atoms with Crippen molar-refractivity contribution in [3.8, 4) is 0 Å². The molecule has 0 atom stereocenters. The van der Waals surface area contributed by atoms with Crippen LogP contribution in [0.1, 0.15) is 28.8 Å². The molecule has 18 heavy (non-hydrogen) atoms. The van der Waals surface area contributed by atoms with Gasteiger partial charge in [-0.05, 0) is 43.4 Å². The van der Waals surface area contributed by atoms with E-state index in [2.05, 4.69) is 4.90 Å². The summed E-state index contributed by atoms with van der Waals surface area (Å²) in [6.45, 7) is 2.94. The maximum atomic E-state index is 11.7. The SMILES string of the molecule is COC(=O)c1cc(N(C)CC2CC2)cc(C)c1N. The first-order valence-electron chi connectivity index (χ1n) is 6.22. The molecule has 2 N–H and O–H groups in total. The minimum absolute atomic E-state index is 0.378. The third-order valence-corrected chi connectivity index (χ3v) is 3.45. The second-order valence-electron chi connectivity index (χ2n) is 5.04. The molecule has 0 amide bonds. The Labute approximate surface area is 108 Å². The highest BCUT2D eigenvalue weighted by molar-refractivity contribution is 5.97. The number of benzene rings is 1. The van der Waals surface area contributed by atoms with Gasteiger partial charge in [-0.3, -0.25) is 0 Å². The predicted molar refractivity (Wildman–Crippen MR) is 72.9 cm³/mol. The number of ether oxygens (including phenoxy) is 1. The van der Waals surface area contributed by atoms with Gasteiger partial charge in [0.05, 0.1) is 12.7 Å². The minimum atomic E-state index is -0.378. The van der Waals surface area contributed by atoms with Gasteiger partial charge >= 0.3 is 5.97 Å². The van der Waals surface area contributed by atoms with Crippen LogP contribution in [-0.4, -0.2) is 26.7 Å². The van der Waals surface area contributed by atoms with E-state index in [0.29, 0.717) is 11.3 Å². The largest absolute Gasteiger partial charge is 0.465 e. The van der Waals surface area contributed by atoms with Crippen LogP contribution in [0.4, 0.5) is 11.4 Å². The lowest BCUT2D eigenvalue weighted by Gasteiger charge is -2.21. The Kier molecular flexibility index (Phi) is 3.45. The Morgan fingerprint density at radius 1 is 1.50 bits per heavy atom. The Morgan fingerprint density at radius 2 is 2.17 bits per heavy atom. The molecule has 1 fully saturated rings. The zero-order chi connectivity index (χ0) is 13.3. The zero-order valence-corrected chi connectivity index (χ0v) is 11.2. The van der Waals surface area contributed by atoms with Gasteiger partial charge in [-0.1, -0.05) is 0 Å². The fourth-order valence-corrected chi connectivity index (χ4v) is 2.07. The molecular formula is C14H20N2O2. The van der Waals surface area contributed by atoms with Gasteiger partial charge in [0.25, 0.3) is 0 Å². The number of carbonyl (C=O) groups excluding carboxylic acids is 1. The van der Waals surface area contributed by atoms with Crippen LogP contribution in [0.15, 0.2) is 12.1 Å². The van der Waals surface area contributed by atoms with Crippen LogP contribution < -0.4 is 10.6 Å². The van der Waals surface area contributed by atoms with Crippen molar-refractivity contribution in [2.24, 2.45) is 5.92 Å². The van der Waals surface area contributed by atoms with E-state index in [1.807, 2.05) is 26.1 Å². The molecular weight excluding hydrogens is 228 g/mol. The monoisotopic (exact) mass is 248 g/mol. The van der Waals surface area contributed by atoms with Gasteiger partial charge in [-0.25, -0.2) is 4.79 Å². The van der Waals surface area contributed by atoms with Crippen LogP contribution in [0.2, 0.25) is 0 Å². The maximum absolute atomic E-state index is 11.7. The second-order valence-corrected chi connectivity index (χ2v) is 5.04. The first-order chi connectivity index (χ1) is 8.52. The maximum Gasteiger partial charge on any atom is 0.340 e. The van der Waals surface area contributed by atoms with Gasteiger partial charge in [0.1, 0.15) is 0 Å². The number of rotatable bonds is 4. The van der Waals surface area contributed by atoms with Crippen molar-refractivity contribution in [2.45, 2.75) is 19.8 Å². The van der Waals surface area contributed by atoms with E-state index in [-0.39, 0.29) is 5.97 Å². The lowest BCUT2D eigenvalue weighted by atomic mass is 10.1. The average molecular weight is 248 g/mol. The van der Waals surface area contributed by atoms with Crippen molar-refractivity contribution in [3.63, 3.8) is 0 Å². The fraction of sp³-hybridized carbons (Fsp3) is 0.500. The van der Waals surface area contributed by atoms with E-state index in [1.54, 1.807) is 0 Å². The van der Waals surface area contributed by atoms with Crippen molar-refractivity contribution >= 4 is 17.3 Å². The van der Waals surface area contributed by atoms with Gasteiger partial charge in [-0.2, -0.15) is 0 Å². The summed E-state index contributed by atoms with van der Waals surface area (Å²) in [4.78, 5) is 13.9. The molecule has 1 aromatic rings. The third kappa shape index (κ3) is 2.58. The summed E-state index contributed by atoms with van der Waals surface area (Å²) in [5.41, 5.74) is 8.82. The van der Waals surface area contributed by atoms with Gasteiger partial charge in [0, 0.05) is 25.0 Å².